The van der Waals surface area contributed by atoms with Crippen molar-refractivity contribution in [3.8, 4) is 11.4 Å². The molecular weight excluding hydrogens is 294 g/mol. The number of rotatable bonds is 4. The highest BCUT2D eigenvalue weighted by Crippen LogP contribution is 2.18. The van der Waals surface area contributed by atoms with E-state index in [2.05, 4.69) is 9.97 Å². The Bertz CT molecular complexity index is 710. The van der Waals surface area contributed by atoms with Gasteiger partial charge in [-0.15, -0.1) is 0 Å². The van der Waals surface area contributed by atoms with E-state index in [0.717, 1.165) is 0 Å². The molecule has 0 saturated heterocycles. The molecule has 0 aliphatic heterocycles. The molecule has 0 amide bonds. The van der Waals surface area contributed by atoms with E-state index < -0.39 is 11.5 Å². The van der Waals surface area contributed by atoms with E-state index >= 15 is 0 Å². The van der Waals surface area contributed by atoms with Crippen LogP contribution in [0.1, 0.15) is 12.5 Å². The molecule has 0 aliphatic carbocycles. The van der Waals surface area contributed by atoms with Gasteiger partial charge in [0, 0.05) is 10.6 Å². The number of anilines is 1. The maximum atomic E-state index is 12.0. The predicted octanol–water partition coefficient (Wildman–Crippen LogP) is 1.78. The number of carbonyl (C=O) groups is 1. The Labute approximate surface area is 125 Å². The number of nitrogen functional groups attached to an aromatic ring is 1. The van der Waals surface area contributed by atoms with Gasteiger partial charge in [0.05, 0.1) is 18.6 Å². The molecule has 1 aromatic carbocycles. The first-order valence-electron chi connectivity index (χ1n) is 6.31. The van der Waals surface area contributed by atoms with E-state index in [1.165, 1.54) is 0 Å². The molecular formula is C14H14ClN3O3. The highest BCUT2D eigenvalue weighted by molar-refractivity contribution is 6.30. The second kappa shape index (κ2) is 6.41. The van der Waals surface area contributed by atoms with Crippen molar-refractivity contribution >= 4 is 23.4 Å². The highest BCUT2D eigenvalue weighted by atomic mass is 35.5. The van der Waals surface area contributed by atoms with Crippen LogP contribution in [-0.2, 0) is 16.0 Å². The standard InChI is InChI=1S/C14H14ClN3O3/c1-2-21-11(19)7-10-12(16)17-13(18-14(10)20)8-3-5-9(15)6-4-8/h3-6H,2,7H2,1H3,(H3,16,17,18,20). The zero-order valence-electron chi connectivity index (χ0n) is 11.4. The fraction of sp³-hybridized carbons (Fsp3) is 0.214. The van der Waals surface area contributed by atoms with Gasteiger partial charge in [0.15, 0.2) is 0 Å². The van der Waals surface area contributed by atoms with Gasteiger partial charge in [0.25, 0.3) is 5.56 Å². The van der Waals surface area contributed by atoms with E-state index in [9.17, 15) is 9.59 Å². The Morgan fingerprint density at radius 1 is 1.38 bits per heavy atom. The van der Waals surface area contributed by atoms with Crippen LogP contribution in [0.3, 0.4) is 0 Å². The van der Waals surface area contributed by atoms with E-state index in [4.69, 9.17) is 22.1 Å². The number of esters is 1. The van der Waals surface area contributed by atoms with Gasteiger partial charge in [0.2, 0.25) is 0 Å². The molecule has 2 aromatic rings. The third kappa shape index (κ3) is 3.61. The van der Waals surface area contributed by atoms with Crippen molar-refractivity contribution in [3.05, 3.63) is 45.2 Å². The van der Waals surface area contributed by atoms with Gasteiger partial charge in [-0.3, -0.25) is 9.59 Å². The summed E-state index contributed by atoms with van der Waals surface area (Å²) in [6, 6.07) is 6.79. The molecule has 0 fully saturated rings. The Morgan fingerprint density at radius 2 is 2.05 bits per heavy atom. The Balaban J connectivity index is 2.35. The number of halogens is 1. The molecule has 0 unspecified atom stereocenters. The topological polar surface area (TPSA) is 98.1 Å². The molecule has 0 aliphatic rings. The molecule has 7 heteroatoms. The lowest BCUT2D eigenvalue weighted by Crippen LogP contribution is -2.22. The predicted molar refractivity (Wildman–Crippen MR) is 80.1 cm³/mol. The van der Waals surface area contributed by atoms with E-state index in [1.54, 1.807) is 31.2 Å². The number of carbonyl (C=O) groups excluding carboxylic acids is 1. The monoisotopic (exact) mass is 307 g/mol. The SMILES string of the molecule is CCOC(=O)Cc1c(N)nc(-c2ccc(Cl)cc2)[nH]c1=O. The minimum absolute atomic E-state index is 0.0109. The number of hydrogen-bond donors (Lipinski definition) is 2. The number of H-pyrrole nitrogens is 1. The van der Waals surface area contributed by atoms with Crippen LogP contribution in [0.15, 0.2) is 29.1 Å². The molecule has 6 nitrogen and oxygen atoms in total. The zero-order chi connectivity index (χ0) is 15.4. The summed E-state index contributed by atoms with van der Waals surface area (Å²) in [6.07, 6.45) is -0.205. The third-order valence-corrected chi connectivity index (χ3v) is 3.04. The summed E-state index contributed by atoms with van der Waals surface area (Å²) in [5.74, 6) is -0.186. The maximum Gasteiger partial charge on any atom is 0.310 e. The Hall–Kier alpha value is -2.34. The molecule has 0 bridgehead atoms. The quantitative estimate of drug-likeness (QED) is 0.839. The van der Waals surface area contributed by atoms with Crippen molar-refractivity contribution < 1.29 is 9.53 Å². The molecule has 0 spiro atoms. The van der Waals surface area contributed by atoms with E-state index in [1.807, 2.05) is 0 Å². The number of nitrogens with zero attached hydrogens (tertiary/aromatic N) is 1. The van der Waals surface area contributed by atoms with Gasteiger partial charge in [-0.1, -0.05) is 11.6 Å². The number of nitrogens with one attached hydrogen (secondary N) is 1. The molecule has 110 valence electrons. The number of benzene rings is 1. The lowest BCUT2D eigenvalue weighted by atomic mass is 10.2. The summed E-state index contributed by atoms with van der Waals surface area (Å²) in [7, 11) is 0. The molecule has 0 atom stereocenters. The number of aromatic nitrogens is 2. The van der Waals surface area contributed by atoms with Gasteiger partial charge >= 0.3 is 5.97 Å². The first-order chi connectivity index (χ1) is 10.0. The summed E-state index contributed by atoms with van der Waals surface area (Å²) < 4.78 is 4.79. The molecule has 3 N–H and O–H groups in total. The number of hydrogen-bond acceptors (Lipinski definition) is 5. The van der Waals surface area contributed by atoms with Gasteiger partial charge in [0.1, 0.15) is 11.6 Å². The number of ether oxygens (including phenoxy) is 1. The Morgan fingerprint density at radius 3 is 2.62 bits per heavy atom. The average molecular weight is 308 g/mol. The summed E-state index contributed by atoms with van der Waals surface area (Å²) in [6.45, 7) is 1.93. The van der Waals surface area contributed by atoms with Crippen molar-refractivity contribution in [1.29, 1.82) is 0 Å². The number of aromatic amines is 1. The lowest BCUT2D eigenvalue weighted by molar-refractivity contribution is -0.142. The third-order valence-electron chi connectivity index (χ3n) is 2.79. The summed E-state index contributed by atoms with van der Waals surface area (Å²) in [5.41, 5.74) is 6.09. The second-order valence-electron chi connectivity index (χ2n) is 4.27. The highest BCUT2D eigenvalue weighted by Gasteiger charge is 2.14. The molecule has 0 radical (unpaired) electrons. The molecule has 1 heterocycles. The van der Waals surface area contributed by atoms with Gasteiger partial charge in [-0.05, 0) is 31.2 Å². The van der Waals surface area contributed by atoms with Gasteiger partial charge in [-0.2, -0.15) is 0 Å². The largest absolute Gasteiger partial charge is 0.466 e. The normalized spacial score (nSPS) is 10.4. The van der Waals surface area contributed by atoms with Crippen LogP contribution in [0.2, 0.25) is 5.02 Å². The van der Waals surface area contributed by atoms with Crippen molar-refractivity contribution in [2.75, 3.05) is 12.3 Å². The number of nitrogens with two attached hydrogens (primary N) is 1. The van der Waals surface area contributed by atoms with Crippen molar-refractivity contribution in [2.45, 2.75) is 13.3 Å². The zero-order valence-corrected chi connectivity index (χ0v) is 12.1. The summed E-state index contributed by atoms with van der Waals surface area (Å²) in [4.78, 5) is 30.2. The van der Waals surface area contributed by atoms with Crippen LogP contribution >= 0.6 is 11.6 Å². The van der Waals surface area contributed by atoms with E-state index in [-0.39, 0.29) is 24.4 Å². The maximum absolute atomic E-state index is 12.0. The first-order valence-corrected chi connectivity index (χ1v) is 6.69. The minimum Gasteiger partial charge on any atom is -0.466 e. The lowest BCUT2D eigenvalue weighted by Gasteiger charge is -2.07. The second-order valence-corrected chi connectivity index (χ2v) is 4.70. The van der Waals surface area contributed by atoms with Crippen molar-refractivity contribution in [1.82, 2.24) is 9.97 Å². The van der Waals surface area contributed by atoms with Crippen LogP contribution < -0.4 is 11.3 Å². The smallest absolute Gasteiger partial charge is 0.310 e. The minimum atomic E-state index is -0.518. The molecule has 2 rings (SSSR count). The molecule has 1 aromatic heterocycles. The molecule has 0 saturated carbocycles. The fourth-order valence-electron chi connectivity index (χ4n) is 1.79. The summed E-state index contributed by atoms with van der Waals surface area (Å²) in [5, 5.41) is 0.577. The fourth-order valence-corrected chi connectivity index (χ4v) is 1.91. The van der Waals surface area contributed by atoms with Crippen LogP contribution in [0.5, 0.6) is 0 Å². The van der Waals surface area contributed by atoms with Crippen LogP contribution in [0, 0.1) is 0 Å². The summed E-state index contributed by atoms with van der Waals surface area (Å²) >= 11 is 5.81. The van der Waals surface area contributed by atoms with Crippen molar-refractivity contribution in [2.24, 2.45) is 0 Å². The van der Waals surface area contributed by atoms with E-state index in [0.29, 0.717) is 16.4 Å². The van der Waals surface area contributed by atoms with Gasteiger partial charge < -0.3 is 15.5 Å². The van der Waals surface area contributed by atoms with Crippen LogP contribution in [0.4, 0.5) is 5.82 Å². The van der Waals surface area contributed by atoms with Crippen LogP contribution in [-0.4, -0.2) is 22.5 Å². The first kappa shape index (κ1) is 15.1. The van der Waals surface area contributed by atoms with Crippen molar-refractivity contribution in [3.63, 3.8) is 0 Å². The van der Waals surface area contributed by atoms with Gasteiger partial charge in [-0.25, -0.2) is 4.98 Å². The van der Waals surface area contributed by atoms with Crippen LogP contribution in [0.25, 0.3) is 11.4 Å². The Kier molecular flexibility index (Phi) is 4.59. The molecule has 21 heavy (non-hydrogen) atoms. The average Bonchev–Trinajstić information content (AvgIpc) is 2.44.